The van der Waals surface area contributed by atoms with Crippen LogP contribution in [0.3, 0.4) is 0 Å². The van der Waals surface area contributed by atoms with Crippen molar-refractivity contribution in [2.45, 2.75) is 57.4 Å². The lowest BCUT2D eigenvalue weighted by Gasteiger charge is -2.38. The van der Waals surface area contributed by atoms with E-state index in [4.69, 9.17) is 0 Å². The molecule has 3 aliphatic carbocycles. The van der Waals surface area contributed by atoms with Gasteiger partial charge >= 0.3 is 0 Å². The minimum atomic E-state index is -0.727. The molecule has 4 heteroatoms. The van der Waals surface area contributed by atoms with Crippen molar-refractivity contribution in [1.29, 1.82) is 0 Å². The maximum Gasteiger partial charge on any atom is 0.230 e. The fourth-order valence-electron chi connectivity index (χ4n) is 4.71. The molecule has 0 spiro atoms. The van der Waals surface area contributed by atoms with E-state index >= 15 is 0 Å². The van der Waals surface area contributed by atoms with Gasteiger partial charge in [0.25, 0.3) is 0 Å². The van der Waals surface area contributed by atoms with Crippen LogP contribution in [-0.4, -0.2) is 16.2 Å². The van der Waals surface area contributed by atoms with E-state index in [1.54, 1.807) is 0 Å². The van der Waals surface area contributed by atoms with Crippen LogP contribution in [0.2, 0.25) is 0 Å². The summed E-state index contributed by atoms with van der Waals surface area (Å²) in [7, 11) is 0. The number of nitrogens with zero attached hydrogens (tertiary/aromatic N) is 1. The lowest BCUT2D eigenvalue weighted by Crippen LogP contribution is -2.48. The average molecular weight is 251 g/mol. The molecule has 0 unspecified atom stereocenters. The number of hydrogen-bond acceptors (Lipinski definition) is 3. The Balaban J connectivity index is 1.90. The van der Waals surface area contributed by atoms with Crippen LogP contribution in [0.5, 0.6) is 0 Å². The van der Waals surface area contributed by atoms with E-state index in [1.165, 1.54) is 19.3 Å². The minimum Gasteiger partial charge on any atom is -0.299 e. The first-order valence-electron chi connectivity index (χ1n) is 7.24. The number of carbonyl (C=O) groups excluding carboxylic acids is 1. The van der Waals surface area contributed by atoms with Gasteiger partial charge in [-0.25, -0.2) is 0 Å². The molecular formula is C14H21NO3. The van der Waals surface area contributed by atoms with Crippen LogP contribution in [0, 0.1) is 33.8 Å². The summed E-state index contributed by atoms with van der Waals surface area (Å²) in [6.07, 6.45) is 6.89. The molecule has 100 valence electrons. The molecule has 3 saturated carbocycles. The fraction of sp³-hybridized carbons (Fsp3) is 0.929. The van der Waals surface area contributed by atoms with Crippen LogP contribution < -0.4 is 0 Å². The minimum absolute atomic E-state index is 0.0130. The first kappa shape index (κ1) is 12.1. The molecule has 18 heavy (non-hydrogen) atoms. The highest BCUT2D eigenvalue weighted by molar-refractivity contribution is 5.83. The van der Waals surface area contributed by atoms with Gasteiger partial charge in [-0.2, -0.15) is 0 Å². The highest BCUT2D eigenvalue weighted by Gasteiger charge is 2.75. The van der Waals surface area contributed by atoms with Crippen molar-refractivity contribution in [2.75, 3.05) is 0 Å². The van der Waals surface area contributed by atoms with Gasteiger partial charge in [-0.05, 0) is 18.8 Å². The number of fused-ring (bicyclic) bond motifs is 1. The van der Waals surface area contributed by atoms with E-state index in [0.29, 0.717) is 18.8 Å². The molecule has 0 amide bonds. The van der Waals surface area contributed by atoms with Crippen LogP contribution in [0.25, 0.3) is 0 Å². The van der Waals surface area contributed by atoms with Gasteiger partial charge in [0.15, 0.2) is 0 Å². The van der Waals surface area contributed by atoms with Gasteiger partial charge in [0.2, 0.25) is 5.54 Å². The highest BCUT2D eigenvalue weighted by Crippen LogP contribution is 2.62. The molecule has 3 rings (SSSR count). The Hall–Kier alpha value is -0.930. The predicted octanol–water partition coefficient (Wildman–Crippen LogP) is 2.83. The molecule has 0 aromatic rings. The van der Waals surface area contributed by atoms with Crippen molar-refractivity contribution in [3.63, 3.8) is 0 Å². The Morgan fingerprint density at radius 1 is 1.28 bits per heavy atom. The molecule has 0 aliphatic heterocycles. The van der Waals surface area contributed by atoms with Crippen LogP contribution in [-0.2, 0) is 4.79 Å². The van der Waals surface area contributed by atoms with E-state index < -0.39 is 5.54 Å². The SMILES string of the molecule is C[C@@H]1C(=O)C[C@H]2C[C@@]2([N+](=O)[O-])[C@H]1C1CCCCC1. The van der Waals surface area contributed by atoms with Crippen molar-refractivity contribution in [3.8, 4) is 0 Å². The standard InChI is InChI=1S/C14H21NO3/c1-9-12(16)7-11-8-14(11,15(17)18)13(9)10-5-3-2-4-6-10/h9-11,13H,2-8H2,1H3/t9-,11+,13-,14+/m1/s1. The van der Waals surface area contributed by atoms with E-state index in [1.807, 2.05) is 6.92 Å². The van der Waals surface area contributed by atoms with Crippen molar-refractivity contribution in [1.82, 2.24) is 0 Å². The summed E-state index contributed by atoms with van der Waals surface area (Å²) in [5, 5.41) is 11.5. The molecular weight excluding hydrogens is 230 g/mol. The van der Waals surface area contributed by atoms with Crippen molar-refractivity contribution >= 4 is 5.78 Å². The molecule has 0 heterocycles. The second kappa shape index (κ2) is 4.04. The van der Waals surface area contributed by atoms with E-state index in [2.05, 4.69) is 0 Å². The second-order valence-corrected chi connectivity index (χ2v) is 6.53. The summed E-state index contributed by atoms with van der Waals surface area (Å²) in [5.41, 5.74) is -0.727. The summed E-state index contributed by atoms with van der Waals surface area (Å²) in [5.74, 6) is 0.637. The normalized spacial score (nSPS) is 44.5. The molecule has 3 aliphatic rings. The maximum absolute atomic E-state index is 12.0. The van der Waals surface area contributed by atoms with E-state index in [0.717, 1.165) is 12.8 Å². The smallest absolute Gasteiger partial charge is 0.230 e. The molecule has 0 radical (unpaired) electrons. The zero-order valence-corrected chi connectivity index (χ0v) is 10.9. The van der Waals surface area contributed by atoms with Gasteiger partial charge in [0, 0.05) is 35.5 Å². The largest absolute Gasteiger partial charge is 0.299 e. The summed E-state index contributed by atoms with van der Waals surface area (Å²) >= 11 is 0. The molecule has 4 nitrogen and oxygen atoms in total. The maximum atomic E-state index is 12.0. The summed E-state index contributed by atoms with van der Waals surface area (Å²) in [6.45, 7) is 1.93. The summed E-state index contributed by atoms with van der Waals surface area (Å²) in [6, 6.07) is 0. The first-order chi connectivity index (χ1) is 8.57. The van der Waals surface area contributed by atoms with Gasteiger partial charge in [-0.3, -0.25) is 14.9 Å². The van der Waals surface area contributed by atoms with E-state index in [-0.39, 0.29) is 28.5 Å². The van der Waals surface area contributed by atoms with Crippen molar-refractivity contribution < 1.29 is 9.72 Å². The lowest BCUT2D eigenvalue weighted by molar-refractivity contribution is -0.558. The monoisotopic (exact) mass is 251 g/mol. The van der Waals surface area contributed by atoms with Gasteiger partial charge in [-0.1, -0.05) is 26.2 Å². The number of carbonyl (C=O) groups is 1. The third-order valence-electron chi connectivity index (χ3n) is 5.69. The van der Waals surface area contributed by atoms with Crippen LogP contribution in [0.15, 0.2) is 0 Å². The lowest BCUT2D eigenvalue weighted by atomic mass is 9.65. The third kappa shape index (κ3) is 1.54. The quantitative estimate of drug-likeness (QED) is 0.560. The topological polar surface area (TPSA) is 60.2 Å². The Morgan fingerprint density at radius 2 is 1.94 bits per heavy atom. The zero-order valence-electron chi connectivity index (χ0n) is 10.9. The zero-order chi connectivity index (χ0) is 12.9. The number of ketones is 1. The molecule has 4 atom stereocenters. The van der Waals surface area contributed by atoms with Gasteiger partial charge in [-0.15, -0.1) is 0 Å². The Labute approximate surface area is 107 Å². The summed E-state index contributed by atoms with van der Waals surface area (Å²) < 4.78 is 0. The second-order valence-electron chi connectivity index (χ2n) is 6.53. The molecule has 0 bridgehead atoms. The van der Waals surface area contributed by atoms with Gasteiger partial charge in [0.05, 0.1) is 0 Å². The Bertz CT molecular complexity index is 389. The number of hydrogen-bond donors (Lipinski definition) is 0. The Morgan fingerprint density at radius 3 is 2.56 bits per heavy atom. The number of rotatable bonds is 2. The van der Waals surface area contributed by atoms with Crippen LogP contribution >= 0.6 is 0 Å². The van der Waals surface area contributed by atoms with E-state index in [9.17, 15) is 14.9 Å². The molecule has 3 fully saturated rings. The predicted molar refractivity (Wildman–Crippen MR) is 66.7 cm³/mol. The van der Waals surface area contributed by atoms with Gasteiger partial charge < -0.3 is 0 Å². The van der Waals surface area contributed by atoms with Crippen molar-refractivity contribution in [3.05, 3.63) is 10.1 Å². The highest BCUT2D eigenvalue weighted by atomic mass is 16.6. The van der Waals surface area contributed by atoms with Crippen LogP contribution in [0.4, 0.5) is 0 Å². The molecule has 0 aromatic carbocycles. The Kier molecular flexibility index (Phi) is 2.72. The average Bonchev–Trinajstić information content (AvgIpc) is 3.06. The summed E-state index contributed by atoms with van der Waals surface area (Å²) in [4.78, 5) is 23.5. The fourth-order valence-corrected chi connectivity index (χ4v) is 4.71. The molecule has 0 N–H and O–H groups in total. The third-order valence-corrected chi connectivity index (χ3v) is 5.69. The number of Topliss-reactive ketones (excluding diaryl/α,β-unsaturated/α-hetero) is 1. The first-order valence-corrected chi connectivity index (χ1v) is 7.24. The molecule has 0 aromatic heterocycles. The van der Waals surface area contributed by atoms with Crippen molar-refractivity contribution in [2.24, 2.45) is 23.7 Å². The van der Waals surface area contributed by atoms with Gasteiger partial charge in [0.1, 0.15) is 5.78 Å². The molecule has 0 saturated heterocycles. The van der Waals surface area contributed by atoms with Crippen LogP contribution in [0.1, 0.15) is 51.9 Å². The number of nitro groups is 1.